The Bertz CT molecular complexity index is 451. The Labute approximate surface area is 124 Å². The van der Waals surface area contributed by atoms with E-state index in [1.807, 2.05) is 13.8 Å². The fourth-order valence-electron chi connectivity index (χ4n) is 1.77. The van der Waals surface area contributed by atoms with Crippen LogP contribution in [0.5, 0.6) is 5.75 Å². The molecular formula is C14H22N2O5. The average molecular weight is 298 g/mol. The van der Waals surface area contributed by atoms with E-state index in [9.17, 15) is 10.1 Å². The zero-order valence-electron chi connectivity index (χ0n) is 12.4. The number of hydrogen-bond donors (Lipinski definition) is 2. The Morgan fingerprint density at radius 1 is 1.38 bits per heavy atom. The van der Waals surface area contributed by atoms with Crippen LogP contribution in [0.15, 0.2) is 18.2 Å². The lowest BCUT2D eigenvalue weighted by Gasteiger charge is -2.13. The number of ether oxygens (including phenoxy) is 2. The molecule has 118 valence electrons. The van der Waals surface area contributed by atoms with Gasteiger partial charge in [-0.3, -0.25) is 10.1 Å². The highest BCUT2D eigenvalue weighted by atomic mass is 16.6. The van der Waals surface area contributed by atoms with Crippen LogP contribution >= 0.6 is 0 Å². The van der Waals surface area contributed by atoms with Crippen molar-refractivity contribution in [2.45, 2.75) is 26.4 Å². The number of benzene rings is 1. The highest BCUT2D eigenvalue weighted by Crippen LogP contribution is 2.35. The van der Waals surface area contributed by atoms with Gasteiger partial charge in [-0.2, -0.15) is 0 Å². The SMILES string of the molecule is CC(C)Oc1cccc(NCCCOCCO)c1[N+](=O)[O-]. The molecule has 0 heterocycles. The van der Waals surface area contributed by atoms with Crippen LogP contribution in [0.3, 0.4) is 0 Å². The van der Waals surface area contributed by atoms with Crippen LogP contribution in [0.1, 0.15) is 20.3 Å². The quantitative estimate of drug-likeness (QED) is 0.391. The summed E-state index contributed by atoms with van der Waals surface area (Å²) in [5.74, 6) is 0.261. The lowest BCUT2D eigenvalue weighted by molar-refractivity contribution is -0.385. The zero-order valence-corrected chi connectivity index (χ0v) is 12.4. The van der Waals surface area contributed by atoms with Gasteiger partial charge < -0.3 is 19.9 Å². The van der Waals surface area contributed by atoms with Crippen molar-refractivity contribution in [2.24, 2.45) is 0 Å². The predicted octanol–water partition coefficient (Wildman–Crippen LogP) is 2.19. The van der Waals surface area contributed by atoms with Gasteiger partial charge in [0.25, 0.3) is 0 Å². The molecule has 1 rings (SSSR count). The number of aliphatic hydroxyl groups excluding tert-OH is 1. The summed E-state index contributed by atoms with van der Waals surface area (Å²) < 4.78 is 10.6. The van der Waals surface area contributed by atoms with Crippen LogP contribution < -0.4 is 10.1 Å². The molecule has 7 nitrogen and oxygen atoms in total. The van der Waals surface area contributed by atoms with Gasteiger partial charge in [0.2, 0.25) is 0 Å². The van der Waals surface area contributed by atoms with Gasteiger partial charge in [0.1, 0.15) is 5.69 Å². The minimum absolute atomic E-state index is 0.00646. The van der Waals surface area contributed by atoms with E-state index in [-0.39, 0.29) is 24.1 Å². The van der Waals surface area contributed by atoms with Gasteiger partial charge in [0, 0.05) is 13.2 Å². The lowest BCUT2D eigenvalue weighted by atomic mass is 10.2. The van der Waals surface area contributed by atoms with Gasteiger partial charge in [-0.25, -0.2) is 0 Å². The molecule has 0 saturated carbocycles. The first-order valence-corrected chi connectivity index (χ1v) is 6.92. The first-order valence-electron chi connectivity index (χ1n) is 6.92. The summed E-state index contributed by atoms with van der Waals surface area (Å²) in [4.78, 5) is 10.8. The molecule has 0 radical (unpaired) electrons. The van der Waals surface area contributed by atoms with Gasteiger partial charge >= 0.3 is 5.69 Å². The second-order valence-corrected chi connectivity index (χ2v) is 4.69. The second kappa shape index (κ2) is 9.15. The highest BCUT2D eigenvalue weighted by Gasteiger charge is 2.21. The molecule has 0 bridgehead atoms. The second-order valence-electron chi connectivity index (χ2n) is 4.69. The smallest absolute Gasteiger partial charge is 0.333 e. The van der Waals surface area contributed by atoms with E-state index in [4.69, 9.17) is 14.6 Å². The first-order chi connectivity index (χ1) is 10.1. The fraction of sp³-hybridized carbons (Fsp3) is 0.571. The Kier molecular flexibility index (Phi) is 7.49. The van der Waals surface area contributed by atoms with Crippen molar-refractivity contribution in [3.05, 3.63) is 28.3 Å². The van der Waals surface area contributed by atoms with E-state index in [0.29, 0.717) is 31.9 Å². The van der Waals surface area contributed by atoms with Crippen molar-refractivity contribution in [3.8, 4) is 5.75 Å². The number of nitro benzene ring substituents is 1. The molecule has 1 aromatic rings. The highest BCUT2D eigenvalue weighted by molar-refractivity contribution is 5.68. The van der Waals surface area contributed by atoms with Crippen molar-refractivity contribution in [3.63, 3.8) is 0 Å². The van der Waals surface area contributed by atoms with Crippen LogP contribution in [-0.2, 0) is 4.74 Å². The van der Waals surface area contributed by atoms with E-state index in [1.54, 1.807) is 18.2 Å². The molecule has 2 N–H and O–H groups in total. The summed E-state index contributed by atoms with van der Waals surface area (Å²) in [5, 5.41) is 22.8. The number of rotatable bonds is 10. The third-order valence-electron chi connectivity index (χ3n) is 2.56. The number of nitro groups is 1. The lowest BCUT2D eigenvalue weighted by Crippen LogP contribution is -2.11. The normalized spacial score (nSPS) is 10.7. The molecule has 0 aromatic heterocycles. The summed E-state index contributed by atoms with van der Waals surface area (Å²) in [5.41, 5.74) is 0.378. The summed E-state index contributed by atoms with van der Waals surface area (Å²) >= 11 is 0. The number of para-hydroxylation sites is 1. The van der Waals surface area contributed by atoms with Crippen molar-refractivity contribution in [2.75, 3.05) is 31.7 Å². The largest absolute Gasteiger partial charge is 0.484 e. The Morgan fingerprint density at radius 2 is 2.14 bits per heavy atom. The number of nitrogens with one attached hydrogen (secondary N) is 1. The summed E-state index contributed by atoms with van der Waals surface area (Å²) in [7, 11) is 0. The van der Waals surface area contributed by atoms with E-state index < -0.39 is 4.92 Å². The van der Waals surface area contributed by atoms with Crippen molar-refractivity contribution < 1.29 is 19.5 Å². The standard InChI is InChI=1S/C14H22N2O5/c1-11(2)21-13-6-3-5-12(14(13)16(18)19)15-7-4-9-20-10-8-17/h3,5-6,11,15,17H,4,7-10H2,1-2H3. The molecule has 1 aromatic carbocycles. The van der Waals surface area contributed by atoms with Gasteiger partial charge in [0.05, 0.1) is 24.2 Å². The zero-order chi connectivity index (χ0) is 15.7. The topological polar surface area (TPSA) is 93.9 Å². The van der Waals surface area contributed by atoms with Crippen LogP contribution in [0.2, 0.25) is 0 Å². The minimum atomic E-state index is -0.442. The van der Waals surface area contributed by atoms with Gasteiger partial charge in [-0.1, -0.05) is 6.07 Å². The third-order valence-corrected chi connectivity index (χ3v) is 2.56. The summed E-state index contributed by atoms with van der Waals surface area (Å²) in [6, 6.07) is 4.96. The molecule has 0 unspecified atom stereocenters. The molecular weight excluding hydrogens is 276 g/mol. The van der Waals surface area contributed by atoms with Crippen molar-refractivity contribution in [1.29, 1.82) is 0 Å². The molecule has 0 aliphatic carbocycles. The average Bonchev–Trinajstić information content (AvgIpc) is 2.41. The Balaban J connectivity index is 2.66. The van der Waals surface area contributed by atoms with Crippen LogP contribution in [0, 0.1) is 10.1 Å². The van der Waals surface area contributed by atoms with Crippen LogP contribution in [-0.4, -0.2) is 42.5 Å². The van der Waals surface area contributed by atoms with E-state index in [2.05, 4.69) is 5.32 Å². The molecule has 0 fully saturated rings. The Hall–Kier alpha value is -1.86. The minimum Gasteiger partial charge on any atom is -0.484 e. The van der Waals surface area contributed by atoms with Gasteiger partial charge in [-0.05, 0) is 32.4 Å². The molecule has 7 heteroatoms. The van der Waals surface area contributed by atoms with Gasteiger partial charge in [-0.15, -0.1) is 0 Å². The molecule has 0 saturated heterocycles. The molecule has 21 heavy (non-hydrogen) atoms. The molecule has 0 aliphatic heterocycles. The summed E-state index contributed by atoms with van der Waals surface area (Å²) in [6.07, 6.45) is 0.553. The van der Waals surface area contributed by atoms with E-state index in [1.165, 1.54) is 0 Å². The molecule has 0 amide bonds. The van der Waals surface area contributed by atoms with E-state index >= 15 is 0 Å². The van der Waals surface area contributed by atoms with Crippen molar-refractivity contribution >= 4 is 11.4 Å². The maximum absolute atomic E-state index is 11.2. The Morgan fingerprint density at radius 3 is 2.76 bits per heavy atom. The number of anilines is 1. The number of nitrogens with zero attached hydrogens (tertiary/aromatic N) is 1. The van der Waals surface area contributed by atoms with Crippen LogP contribution in [0.4, 0.5) is 11.4 Å². The number of aliphatic hydroxyl groups is 1. The molecule has 0 aliphatic rings. The summed E-state index contributed by atoms with van der Waals surface area (Å²) in [6.45, 7) is 4.97. The molecule has 0 spiro atoms. The number of hydrogen-bond acceptors (Lipinski definition) is 6. The maximum atomic E-state index is 11.2. The van der Waals surface area contributed by atoms with Crippen molar-refractivity contribution in [1.82, 2.24) is 0 Å². The van der Waals surface area contributed by atoms with E-state index in [0.717, 1.165) is 0 Å². The third kappa shape index (κ3) is 5.97. The monoisotopic (exact) mass is 298 g/mol. The van der Waals surface area contributed by atoms with Crippen LogP contribution in [0.25, 0.3) is 0 Å². The van der Waals surface area contributed by atoms with Gasteiger partial charge in [0.15, 0.2) is 5.75 Å². The fourth-order valence-corrected chi connectivity index (χ4v) is 1.77. The predicted molar refractivity (Wildman–Crippen MR) is 79.9 cm³/mol. The molecule has 0 atom stereocenters. The maximum Gasteiger partial charge on any atom is 0.333 e. The first kappa shape index (κ1) is 17.2.